The summed E-state index contributed by atoms with van der Waals surface area (Å²) in [6.07, 6.45) is 0.517. The van der Waals surface area contributed by atoms with Crippen LogP contribution in [0.15, 0.2) is 18.2 Å². The van der Waals surface area contributed by atoms with Gasteiger partial charge in [-0.15, -0.1) is 0 Å². The van der Waals surface area contributed by atoms with Crippen LogP contribution in [0.2, 0.25) is 0 Å². The Hall–Kier alpha value is -1.53. The molecule has 0 aliphatic rings. The number of benzene rings is 1. The van der Waals surface area contributed by atoms with Gasteiger partial charge in [0.25, 0.3) is 0 Å². The van der Waals surface area contributed by atoms with Gasteiger partial charge < -0.3 is 10.5 Å². The summed E-state index contributed by atoms with van der Waals surface area (Å²) >= 11 is 0. The van der Waals surface area contributed by atoms with Crippen molar-refractivity contribution in [1.82, 2.24) is 0 Å². The van der Waals surface area contributed by atoms with Crippen molar-refractivity contribution in [2.75, 3.05) is 7.11 Å². The molecule has 0 aromatic heterocycles. The predicted octanol–water partition coefficient (Wildman–Crippen LogP) is 2.39. The fourth-order valence-corrected chi connectivity index (χ4v) is 1.69. The van der Waals surface area contributed by atoms with Crippen molar-refractivity contribution in [3.05, 3.63) is 29.3 Å². The monoisotopic (exact) mass is 232 g/mol. The number of rotatable bonds is 3. The zero-order valence-electron chi connectivity index (χ0n) is 10.9. The highest BCUT2D eigenvalue weighted by Crippen LogP contribution is 2.28. The first kappa shape index (κ1) is 13.5. The van der Waals surface area contributed by atoms with Crippen LogP contribution >= 0.6 is 0 Å². The first-order chi connectivity index (χ1) is 7.88. The van der Waals surface area contributed by atoms with Crippen molar-refractivity contribution in [3.8, 4) is 11.8 Å². The lowest BCUT2D eigenvalue weighted by Crippen LogP contribution is -2.21. The molecule has 0 radical (unpaired) electrons. The Labute approximate surface area is 103 Å². The molecule has 1 unspecified atom stereocenters. The van der Waals surface area contributed by atoms with Crippen molar-refractivity contribution in [2.24, 2.45) is 5.73 Å². The third kappa shape index (κ3) is 3.47. The Morgan fingerprint density at radius 3 is 2.53 bits per heavy atom. The van der Waals surface area contributed by atoms with Crippen LogP contribution in [0.4, 0.5) is 0 Å². The van der Waals surface area contributed by atoms with Gasteiger partial charge in [-0.25, -0.2) is 0 Å². The maximum absolute atomic E-state index is 8.77. The van der Waals surface area contributed by atoms with Gasteiger partial charge in [-0.2, -0.15) is 5.26 Å². The number of hydrogen-bond donors (Lipinski definition) is 1. The van der Waals surface area contributed by atoms with E-state index in [4.69, 9.17) is 15.7 Å². The molecule has 0 amide bonds. The lowest BCUT2D eigenvalue weighted by molar-refractivity contribution is 0.408. The highest BCUT2D eigenvalue weighted by molar-refractivity contribution is 5.40. The van der Waals surface area contributed by atoms with Crippen molar-refractivity contribution in [2.45, 2.75) is 38.6 Å². The molecule has 0 fully saturated rings. The molecule has 3 heteroatoms. The first-order valence-corrected chi connectivity index (χ1v) is 5.71. The van der Waals surface area contributed by atoms with E-state index in [2.05, 4.69) is 32.9 Å². The summed E-state index contributed by atoms with van der Waals surface area (Å²) in [6.45, 7) is 6.47. The molecular weight excluding hydrogens is 212 g/mol. The fraction of sp³-hybridized carbons (Fsp3) is 0.500. The fourth-order valence-electron chi connectivity index (χ4n) is 1.69. The van der Waals surface area contributed by atoms with E-state index in [0.717, 1.165) is 11.3 Å². The van der Waals surface area contributed by atoms with E-state index >= 15 is 0 Å². The van der Waals surface area contributed by atoms with Crippen molar-refractivity contribution in [3.63, 3.8) is 0 Å². The summed E-state index contributed by atoms with van der Waals surface area (Å²) in [5, 5.41) is 8.77. The second kappa shape index (κ2) is 5.20. The van der Waals surface area contributed by atoms with Crippen LogP contribution in [0.25, 0.3) is 0 Å². The lowest BCUT2D eigenvalue weighted by Gasteiger charge is -2.21. The molecular formula is C14H20N2O. The number of nitrogens with two attached hydrogens (primary N) is 1. The molecule has 1 rings (SSSR count). The maximum Gasteiger partial charge on any atom is 0.122 e. The van der Waals surface area contributed by atoms with Gasteiger partial charge in [0, 0.05) is 6.42 Å². The molecule has 1 aromatic rings. The molecule has 2 N–H and O–H groups in total. The van der Waals surface area contributed by atoms with Crippen LogP contribution in [0.1, 0.15) is 31.9 Å². The molecule has 17 heavy (non-hydrogen) atoms. The molecule has 0 saturated carbocycles. The quantitative estimate of drug-likeness (QED) is 0.870. The van der Waals surface area contributed by atoms with Crippen molar-refractivity contribution >= 4 is 0 Å². The summed E-state index contributed by atoms with van der Waals surface area (Å²) in [5.41, 5.74) is 7.97. The van der Waals surface area contributed by atoms with Crippen molar-refractivity contribution < 1.29 is 4.74 Å². The standard InChI is InChI=1S/C14H20N2O/c1-14(2,3)11-5-6-13(17-4)10(7-11)8-12(16)9-15/h5-7,12H,8,16H2,1-4H3. The summed E-state index contributed by atoms with van der Waals surface area (Å²) in [5.74, 6) is 0.795. The minimum Gasteiger partial charge on any atom is -0.496 e. The zero-order chi connectivity index (χ0) is 13.1. The lowest BCUT2D eigenvalue weighted by atomic mass is 9.85. The molecule has 92 valence electrons. The van der Waals surface area contributed by atoms with E-state index in [1.165, 1.54) is 5.56 Å². The third-order valence-electron chi connectivity index (χ3n) is 2.75. The minimum absolute atomic E-state index is 0.0811. The Morgan fingerprint density at radius 2 is 2.06 bits per heavy atom. The van der Waals surface area contributed by atoms with Gasteiger partial charge in [0.15, 0.2) is 0 Å². The molecule has 1 aromatic carbocycles. The topological polar surface area (TPSA) is 59.0 Å². The maximum atomic E-state index is 8.77. The Bertz CT molecular complexity index is 427. The Kier molecular flexibility index (Phi) is 4.14. The predicted molar refractivity (Wildman–Crippen MR) is 69.0 cm³/mol. The molecule has 0 heterocycles. The molecule has 1 atom stereocenters. The van der Waals surface area contributed by atoms with E-state index < -0.39 is 6.04 Å². The normalized spacial score (nSPS) is 12.9. The van der Waals surface area contributed by atoms with E-state index in [9.17, 15) is 0 Å². The van der Waals surface area contributed by atoms with Gasteiger partial charge in [0.1, 0.15) is 5.75 Å². The first-order valence-electron chi connectivity index (χ1n) is 5.71. The van der Waals surface area contributed by atoms with Crippen LogP contribution in [0, 0.1) is 11.3 Å². The number of methoxy groups -OCH3 is 1. The third-order valence-corrected chi connectivity index (χ3v) is 2.75. The molecule has 0 bridgehead atoms. The summed E-state index contributed by atoms with van der Waals surface area (Å²) in [4.78, 5) is 0. The van der Waals surface area contributed by atoms with Gasteiger partial charge in [-0.05, 0) is 22.6 Å². The van der Waals surface area contributed by atoms with E-state index in [0.29, 0.717) is 6.42 Å². The average molecular weight is 232 g/mol. The average Bonchev–Trinajstić information content (AvgIpc) is 2.27. The molecule has 3 nitrogen and oxygen atoms in total. The molecule has 0 aliphatic carbocycles. The van der Waals surface area contributed by atoms with Gasteiger partial charge in [0.2, 0.25) is 0 Å². The highest BCUT2D eigenvalue weighted by atomic mass is 16.5. The van der Waals surface area contributed by atoms with Crippen LogP contribution in [-0.2, 0) is 11.8 Å². The zero-order valence-corrected chi connectivity index (χ0v) is 10.9. The van der Waals surface area contributed by atoms with Gasteiger partial charge in [-0.3, -0.25) is 0 Å². The van der Waals surface area contributed by atoms with Crippen LogP contribution in [0.5, 0.6) is 5.75 Å². The van der Waals surface area contributed by atoms with Crippen LogP contribution in [-0.4, -0.2) is 13.2 Å². The summed E-state index contributed by atoms with van der Waals surface area (Å²) < 4.78 is 5.29. The highest BCUT2D eigenvalue weighted by Gasteiger charge is 2.16. The molecule has 0 aliphatic heterocycles. The largest absolute Gasteiger partial charge is 0.496 e. The smallest absolute Gasteiger partial charge is 0.122 e. The number of nitrogens with zero attached hydrogens (tertiary/aromatic N) is 1. The van der Waals surface area contributed by atoms with Gasteiger partial charge in [-0.1, -0.05) is 32.9 Å². The second-order valence-corrected chi connectivity index (χ2v) is 5.22. The SMILES string of the molecule is COc1ccc(C(C)(C)C)cc1CC(N)C#N. The summed E-state index contributed by atoms with van der Waals surface area (Å²) in [6, 6.07) is 7.64. The molecule has 0 saturated heterocycles. The minimum atomic E-state index is -0.487. The van der Waals surface area contributed by atoms with Gasteiger partial charge in [0.05, 0.1) is 19.2 Å². The molecule has 0 spiro atoms. The summed E-state index contributed by atoms with van der Waals surface area (Å²) in [7, 11) is 1.63. The van der Waals surface area contributed by atoms with E-state index in [-0.39, 0.29) is 5.41 Å². The van der Waals surface area contributed by atoms with E-state index in [1.807, 2.05) is 12.1 Å². The van der Waals surface area contributed by atoms with Crippen molar-refractivity contribution in [1.29, 1.82) is 5.26 Å². The van der Waals surface area contributed by atoms with E-state index in [1.54, 1.807) is 7.11 Å². The number of hydrogen-bond acceptors (Lipinski definition) is 3. The number of ether oxygens (including phenoxy) is 1. The number of nitriles is 1. The Morgan fingerprint density at radius 1 is 1.41 bits per heavy atom. The van der Waals surface area contributed by atoms with Gasteiger partial charge >= 0.3 is 0 Å². The Balaban J connectivity index is 3.12. The van der Waals surface area contributed by atoms with Crippen LogP contribution < -0.4 is 10.5 Å². The van der Waals surface area contributed by atoms with Crippen LogP contribution in [0.3, 0.4) is 0 Å². The second-order valence-electron chi connectivity index (χ2n) is 5.22.